The van der Waals surface area contributed by atoms with Crippen LogP contribution in [0.2, 0.25) is 0 Å². The molecule has 14 heavy (non-hydrogen) atoms. The number of hydrogen-bond acceptors (Lipinski definition) is 3. The Labute approximate surface area is 85.0 Å². The Morgan fingerprint density at radius 2 is 2.29 bits per heavy atom. The Morgan fingerprint density at radius 3 is 2.79 bits per heavy atom. The van der Waals surface area contributed by atoms with Crippen molar-refractivity contribution in [1.29, 1.82) is 0 Å². The van der Waals surface area contributed by atoms with Crippen molar-refractivity contribution in [2.24, 2.45) is 5.92 Å². The smallest absolute Gasteiger partial charge is 0.203 e. The number of aliphatic hydroxyl groups excluding tert-OH is 1. The van der Waals surface area contributed by atoms with Crippen molar-refractivity contribution < 1.29 is 5.11 Å². The van der Waals surface area contributed by atoms with Crippen LogP contribution in [0.5, 0.6) is 0 Å². The molecule has 2 N–H and O–H groups in total. The van der Waals surface area contributed by atoms with Crippen molar-refractivity contribution in [3.05, 3.63) is 12.4 Å². The van der Waals surface area contributed by atoms with E-state index in [1.807, 2.05) is 10.8 Å². The number of aromatic nitrogens is 2. The number of rotatable bonds is 5. The van der Waals surface area contributed by atoms with Crippen LogP contribution in [0.3, 0.4) is 0 Å². The molecule has 0 saturated heterocycles. The molecule has 1 heterocycles. The molecule has 1 unspecified atom stereocenters. The lowest BCUT2D eigenvalue weighted by Gasteiger charge is -2.20. The summed E-state index contributed by atoms with van der Waals surface area (Å²) >= 11 is 0. The standard InChI is InChI=1S/C10H19N3O/c1-4-13-6-5-11-10(13)12-9(7-14)8(2)3/h5-6,8-9,14H,4,7H2,1-3H3,(H,11,12). The molecule has 80 valence electrons. The van der Waals surface area contributed by atoms with E-state index in [0.29, 0.717) is 5.92 Å². The van der Waals surface area contributed by atoms with E-state index in [-0.39, 0.29) is 12.6 Å². The predicted octanol–water partition coefficient (Wildman–Crippen LogP) is 1.33. The maximum Gasteiger partial charge on any atom is 0.203 e. The first-order chi connectivity index (χ1) is 6.69. The quantitative estimate of drug-likeness (QED) is 0.748. The molecule has 0 saturated carbocycles. The van der Waals surface area contributed by atoms with Crippen LogP contribution < -0.4 is 5.32 Å². The minimum absolute atomic E-state index is 0.0719. The molecule has 1 aromatic rings. The van der Waals surface area contributed by atoms with E-state index >= 15 is 0 Å². The zero-order chi connectivity index (χ0) is 10.6. The SMILES string of the molecule is CCn1ccnc1NC(CO)C(C)C. The second kappa shape index (κ2) is 5.00. The molecule has 1 rings (SSSR count). The highest BCUT2D eigenvalue weighted by molar-refractivity contribution is 5.27. The first-order valence-electron chi connectivity index (χ1n) is 5.07. The summed E-state index contributed by atoms with van der Waals surface area (Å²) in [6, 6.07) is 0.0719. The van der Waals surface area contributed by atoms with E-state index < -0.39 is 0 Å². The maximum absolute atomic E-state index is 9.16. The average molecular weight is 197 g/mol. The summed E-state index contributed by atoms with van der Waals surface area (Å²) < 4.78 is 2.02. The lowest BCUT2D eigenvalue weighted by molar-refractivity contribution is 0.248. The number of nitrogens with one attached hydrogen (secondary N) is 1. The van der Waals surface area contributed by atoms with Gasteiger partial charge in [-0.1, -0.05) is 13.8 Å². The summed E-state index contributed by atoms with van der Waals surface area (Å²) in [5.41, 5.74) is 0. The van der Waals surface area contributed by atoms with E-state index in [4.69, 9.17) is 5.11 Å². The molecular weight excluding hydrogens is 178 g/mol. The van der Waals surface area contributed by atoms with Crippen LogP contribution in [0, 0.1) is 5.92 Å². The van der Waals surface area contributed by atoms with Gasteiger partial charge in [-0.3, -0.25) is 0 Å². The molecule has 0 amide bonds. The normalized spacial score (nSPS) is 13.2. The molecule has 0 radical (unpaired) electrons. The Balaban J connectivity index is 2.66. The Hall–Kier alpha value is -1.03. The molecule has 4 nitrogen and oxygen atoms in total. The molecule has 1 aromatic heterocycles. The number of hydrogen-bond donors (Lipinski definition) is 2. The van der Waals surface area contributed by atoms with Gasteiger partial charge in [0.15, 0.2) is 0 Å². The van der Waals surface area contributed by atoms with Gasteiger partial charge in [-0.15, -0.1) is 0 Å². The van der Waals surface area contributed by atoms with Gasteiger partial charge in [0.2, 0.25) is 5.95 Å². The van der Waals surface area contributed by atoms with Crippen LogP contribution in [-0.2, 0) is 6.54 Å². The number of nitrogens with zero attached hydrogens (tertiary/aromatic N) is 2. The largest absolute Gasteiger partial charge is 0.394 e. The Kier molecular flexibility index (Phi) is 3.95. The van der Waals surface area contributed by atoms with Gasteiger partial charge in [0.05, 0.1) is 12.6 Å². The lowest BCUT2D eigenvalue weighted by Crippen LogP contribution is -2.30. The highest BCUT2D eigenvalue weighted by Gasteiger charge is 2.13. The van der Waals surface area contributed by atoms with E-state index in [9.17, 15) is 0 Å². The third kappa shape index (κ3) is 2.48. The molecule has 0 aromatic carbocycles. The van der Waals surface area contributed by atoms with Gasteiger partial charge in [0, 0.05) is 18.9 Å². The topological polar surface area (TPSA) is 50.1 Å². The molecule has 1 atom stereocenters. The van der Waals surface area contributed by atoms with Crippen molar-refractivity contribution in [3.63, 3.8) is 0 Å². The van der Waals surface area contributed by atoms with Gasteiger partial charge in [0.1, 0.15) is 0 Å². The number of aliphatic hydroxyl groups is 1. The summed E-state index contributed by atoms with van der Waals surface area (Å²) in [5, 5.41) is 12.4. The lowest BCUT2D eigenvalue weighted by atomic mass is 10.1. The maximum atomic E-state index is 9.16. The van der Waals surface area contributed by atoms with Crippen molar-refractivity contribution in [2.75, 3.05) is 11.9 Å². The summed E-state index contributed by atoms with van der Waals surface area (Å²) in [7, 11) is 0. The minimum Gasteiger partial charge on any atom is -0.394 e. The highest BCUT2D eigenvalue weighted by atomic mass is 16.3. The fourth-order valence-corrected chi connectivity index (χ4v) is 1.29. The van der Waals surface area contributed by atoms with Gasteiger partial charge in [-0.25, -0.2) is 4.98 Å². The predicted molar refractivity (Wildman–Crippen MR) is 57.2 cm³/mol. The first-order valence-corrected chi connectivity index (χ1v) is 5.07. The van der Waals surface area contributed by atoms with Crippen LogP contribution >= 0.6 is 0 Å². The summed E-state index contributed by atoms with van der Waals surface area (Å²) in [6.07, 6.45) is 3.69. The number of anilines is 1. The van der Waals surface area contributed by atoms with Crippen molar-refractivity contribution in [1.82, 2.24) is 9.55 Å². The van der Waals surface area contributed by atoms with Crippen molar-refractivity contribution >= 4 is 5.95 Å². The van der Waals surface area contributed by atoms with Crippen LogP contribution in [0.25, 0.3) is 0 Å². The van der Waals surface area contributed by atoms with Gasteiger partial charge in [-0.2, -0.15) is 0 Å². The van der Waals surface area contributed by atoms with Crippen molar-refractivity contribution in [2.45, 2.75) is 33.4 Å². The van der Waals surface area contributed by atoms with E-state index in [1.54, 1.807) is 6.20 Å². The van der Waals surface area contributed by atoms with Crippen LogP contribution in [0.4, 0.5) is 5.95 Å². The van der Waals surface area contributed by atoms with Gasteiger partial charge in [0.25, 0.3) is 0 Å². The van der Waals surface area contributed by atoms with Gasteiger partial charge < -0.3 is 15.0 Å². The molecule has 4 heteroatoms. The average Bonchev–Trinajstić information content (AvgIpc) is 2.60. The molecule has 0 aliphatic carbocycles. The monoisotopic (exact) mass is 197 g/mol. The number of imidazole rings is 1. The molecule has 0 fully saturated rings. The Morgan fingerprint density at radius 1 is 1.57 bits per heavy atom. The molecular formula is C10H19N3O. The van der Waals surface area contributed by atoms with Crippen molar-refractivity contribution in [3.8, 4) is 0 Å². The second-order valence-electron chi connectivity index (χ2n) is 3.71. The molecule has 0 spiro atoms. The van der Waals surface area contributed by atoms with Gasteiger partial charge >= 0.3 is 0 Å². The zero-order valence-electron chi connectivity index (χ0n) is 9.07. The molecule has 0 aliphatic heterocycles. The summed E-state index contributed by atoms with van der Waals surface area (Å²) in [5.74, 6) is 1.22. The minimum atomic E-state index is 0.0719. The Bertz CT molecular complexity index is 270. The fraction of sp³-hybridized carbons (Fsp3) is 0.700. The van der Waals surface area contributed by atoms with Gasteiger partial charge in [-0.05, 0) is 12.8 Å². The summed E-state index contributed by atoms with van der Waals surface area (Å²) in [4.78, 5) is 4.20. The highest BCUT2D eigenvalue weighted by Crippen LogP contribution is 2.10. The van der Waals surface area contributed by atoms with E-state index in [2.05, 4.69) is 31.1 Å². The first kappa shape index (κ1) is 11.0. The van der Waals surface area contributed by atoms with Crippen LogP contribution in [-0.4, -0.2) is 27.3 Å². The zero-order valence-corrected chi connectivity index (χ0v) is 9.07. The third-order valence-corrected chi connectivity index (χ3v) is 2.37. The fourth-order valence-electron chi connectivity index (χ4n) is 1.29. The molecule has 0 bridgehead atoms. The third-order valence-electron chi connectivity index (χ3n) is 2.37. The van der Waals surface area contributed by atoms with Crippen LogP contribution in [0.1, 0.15) is 20.8 Å². The van der Waals surface area contributed by atoms with E-state index in [0.717, 1.165) is 12.5 Å². The summed E-state index contributed by atoms with van der Waals surface area (Å²) in [6.45, 7) is 7.24. The number of aryl methyl sites for hydroxylation is 1. The van der Waals surface area contributed by atoms with Crippen LogP contribution in [0.15, 0.2) is 12.4 Å². The van der Waals surface area contributed by atoms with E-state index in [1.165, 1.54) is 0 Å². The molecule has 0 aliphatic rings. The second-order valence-corrected chi connectivity index (χ2v) is 3.71.